The van der Waals surface area contributed by atoms with E-state index in [0.717, 1.165) is 39.4 Å². The number of aromatic nitrogens is 2. The third-order valence-electron chi connectivity index (χ3n) is 10.8. The van der Waals surface area contributed by atoms with E-state index in [0.29, 0.717) is 0 Å². The van der Waals surface area contributed by atoms with Gasteiger partial charge in [0.2, 0.25) is 0 Å². The number of para-hydroxylation sites is 3. The monoisotopic (exact) mass is 685 g/mol. The molecule has 0 amide bonds. The van der Waals surface area contributed by atoms with E-state index >= 15 is 0 Å². The number of hydrogen-bond donors (Lipinski definition) is 4. The highest BCUT2D eigenvalue weighted by Crippen LogP contribution is 2.39. The molecule has 0 saturated heterocycles. The Balaban J connectivity index is 1.02. The highest BCUT2D eigenvalue weighted by atomic mass is 15.4. The average molecular weight is 686 g/mol. The van der Waals surface area contributed by atoms with E-state index in [1.807, 2.05) is 6.07 Å². The highest BCUT2D eigenvalue weighted by Gasteiger charge is 2.32. The lowest BCUT2D eigenvalue weighted by Crippen LogP contribution is -2.54. The summed E-state index contributed by atoms with van der Waals surface area (Å²) in [7, 11) is 0. The topological polar surface area (TPSA) is 70.3 Å². The van der Waals surface area contributed by atoms with Gasteiger partial charge in [0.05, 0.1) is 27.8 Å². The summed E-state index contributed by atoms with van der Waals surface area (Å²) >= 11 is 0. The molecule has 2 aliphatic heterocycles. The number of aliphatic imine (C=N–C) groups is 1. The number of benzene rings is 7. The van der Waals surface area contributed by atoms with Crippen LogP contribution in [0.25, 0.3) is 60.1 Å². The van der Waals surface area contributed by atoms with Gasteiger partial charge >= 0.3 is 0 Å². The lowest BCUT2D eigenvalue weighted by Gasteiger charge is -2.33. The number of rotatable bonds is 5. The fourth-order valence-corrected chi connectivity index (χ4v) is 8.40. The molecule has 4 heterocycles. The first kappa shape index (κ1) is 29.9. The number of amidine groups is 1. The second kappa shape index (κ2) is 11.9. The molecule has 3 atom stereocenters. The Labute approximate surface area is 305 Å². The Hall–Kier alpha value is -6.83. The molecule has 11 rings (SSSR count). The van der Waals surface area contributed by atoms with E-state index < -0.39 is 0 Å². The minimum Gasteiger partial charge on any atom is -0.353 e. The van der Waals surface area contributed by atoms with Crippen molar-refractivity contribution >= 4 is 60.2 Å². The average Bonchev–Trinajstić information content (AvgIpc) is 3.93. The molecule has 53 heavy (non-hydrogen) atoms. The van der Waals surface area contributed by atoms with Crippen molar-refractivity contribution < 1.29 is 0 Å². The Morgan fingerprint density at radius 1 is 0.509 bits per heavy atom. The van der Waals surface area contributed by atoms with Gasteiger partial charge in [0.1, 0.15) is 18.2 Å². The molecule has 0 bridgehead atoms. The maximum atomic E-state index is 5.24. The van der Waals surface area contributed by atoms with Crippen LogP contribution in [0.5, 0.6) is 0 Å². The van der Waals surface area contributed by atoms with Crippen LogP contribution in [-0.2, 0) is 0 Å². The highest BCUT2D eigenvalue weighted by molar-refractivity contribution is 6.18. The number of nitrogens with one attached hydrogen (secondary N) is 4. The number of fused-ring (bicyclic) bond motifs is 7. The van der Waals surface area contributed by atoms with Crippen LogP contribution in [-0.4, -0.2) is 21.1 Å². The molecule has 7 heteroatoms. The van der Waals surface area contributed by atoms with Crippen LogP contribution in [0.1, 0.15) is 23.6 Å². The number of hydrogen-bond acceptors (Lipinski definition) is 5. The molecule has 7 nitrogen and oxygen atoms in total. The Morgan fingerprint density at radius 2 is 1.17 bits per heavy atom. The molecule has 3 unspecified atom stereocenters. The molecular formula is C46H35N7. The molecule has 4 N–H and O–H groups in total. The first-order chi connectivity index (χ1) is 26.3. The molecule has 2 aliphatic rings. The molecule has 7 aromatic carbocycles. The van der Waals surface area contributed by atoms with Gasteiger partial charge in [-0.05, 0) is 52.7 Å². The largest absolute Gasteiger partial charge is 0.353 e. The summed E-state index contributed by atoms with van der Waals surface area (Å²) in [6.45, 7) is 0. The quantitative estimate of drug-likeness (QED) is 0.146. The zero-order valence-corrected chi connectivity index (χ0v) is 28.7. The predicted octanol–water partition coefficient (Wildman–Crippen LogP) is 9.20. The minimum absolute atomic E-state index is 0.224. The molecule has 0 aliphatic carbocycles. The van der Waals surface area contributed by atoms with Crippen LogP contribution in [0.15, 0.2) is 181 Å². The van der Waals surface area contributed by atoms with Crippen molar-refractivity contribution in [2.45, 2.75) is 18.6 Å². The second-order valence-corrected chi connectivity index (χ2v) is 13.8. The molecule has 2 aromatic heterocycles. The van der Waals surface area contributed by atoms with Crippen molar-refractivity contribution in [1.29, 1.82) is 0 Å². The van der Waals surface area contributed by atoms with Gasteiger partial charge in [0.25, 0.3) is 0 Å². The fourth-order valence-electron chi connectivity index (χ4n) is 8.40. The van der Waals surface area contributed by atoms with Gasteiger partial charge in [0, 0.05) is 39.0 Å². The fraction of sp³-hybridized carbons (Fsp3) is 0.0652. The molecular weight excluding hydrogens is 651 g/mol. The molecule has 0 spiro atoms. The van der Waals surface area contributed by atoms with E-state index in [1.165, 1.54) is 43.4 Å². The van der Waals surface area contributed by atoms with Gasteiger partial charge in [-0.1, -0.05) is 127 Å². The maximum absolute atomic E-state index is 5.24. The third kappa shape index (κ3) is 4.75. The van der Waals surface area contributed by atoms with Crippen molar-refractivity contribution in [2.75, 3.05) is 0 Å². The summed E-state index contributed by atoms with van der Waals surface area (Å²) in [6, 6.07) is 58.2. The standard InChI is InChI=1S/C46H35N7/c1-3-15-30(16-4-1)43-49-44(35-23-13-17-29-14-7-8-20-32(29)35)51-45(50-43)38-28-47-46(48-38)53-40-25-12-10-22-34(40)37-26-36-33-21-9-11-24-39(33)52(41(36)27-42(37)53)31-18-5-2-6-19-31/h1-28,43,45-48,50H,(H,49,51). The SMILES string of the molecule is C1=C(C2NC(c3cccc4ccccc34)=NC(c3ccccc3)N2)NC(n2c3ccccc3c3cc4c5ccccc5n(-c5ccccc5)c4cc32)N1. The van der Waals surface area contributed by atoms with Crippen LogP contribution < -0.4 is 21.3 Å². The normalized spacial score (nSPS) is 18.6. The van der Waals surface area contributed by atoms with E-state index in [4.69, 9.17) is 4.99 Å². The Kier molecular flexibility index (Phi) is 6.69. The van der Waals surface area contributed by atoms with Gasteiger partial charge in [-0.2, -0.15) is 0 Å². The summed E-state index contributed by atoms with van der Waals surface area (Å²) in [5.74, 6) is 0.860. The molecule has 9 aromatic rings. The lowest BCUT2D eigenvalue weighted by atomic mass is 10.0. The number of nitrogens with zero attached hydrogens (tertiary/aromatic N) is 3. The first-order valence-corrected chi connectivity index (χ1v) is 18.2. The Bertz CT molecular complexity index is 2920. The van der Waals surface area contributed by atoms with Crippen molar-refractivity contribution in [3.63, 3.8) is 0 Å². The maximum Gasteiger partial charge on any atom is 0.180 e. The molecule has 0 fully saturated rings. The van der Waals surface area contributed by atoms with E-state index in [1.54, 1.807) is 0 Å². The van der Waals surface area contributed by atoms with Gasteiger partial charge in [-0.3, -0.25) is 5.32 Å². The summed E-state index contributed by atoms with van der Waals surface area (Å²) in [4.78, 5) is 5.24. The lowest BCUT2D eigenvalue weighted by molar-refractivity contribution is 0.394. The van der Waals surface area contributed by atoms with Gasteiger partial charge in [-0.25, -0.2) is 4.99 Å². The Morgan fingerprint density at radius 3 is 2.00 bits per heavy atom. The molecule has 0 radical (unpaired) electrons. The summed E-state index contributed by atoms with van der Waals surface area (Å²) < 4.78 is 4.79. The van der Waals surface area contributed by atoms with Crippen molar-refractivity contribution in [1.82, 2.24) is 30.4 Å². The second-order valence-electron chi connectivity index (χ2n) is 13.8. The zero-order valence-electron chi connectivity index (χ0n) is 28.7. The summed E-state index contributed by atoms with van der Waals surface area (Å²) in [5, 5.41) is 22.4. The van der Waals surface area contributed by atoms with Gasteiger partial charge < -0.3 is 25.1 Å². The van der Waals surface area contributed by atoms with E-state index in [-0.39, 0.29) is 18.6 Å². The van der Waals surface area contributed by atoms with Crippen LogP contribution in [0.2, 0.25) is 0 Å². The first-order valence-electron chi connectivity index (χ1n) is 18.2. The van der Waals surface area contributed by atoms with Crippen LogP contribution in [0, 0.1) is 0 Å². The van der Waals surface area contributed by atoms with Crippen LogP contribution >= 0.6 is 0 Å². The minimum atomic E-state index is -0.236. The zero-order chi connectivity index (χ0) is 34.9. The predicted molar refractivity (Wildman–Crippen MR) is 217 cm³/mol. The van der Waals surface area contributed by atoms with Gasteiger partial charge in [0.15, 0.2) is 6.29 Å². The van der Waals surface area contributed by atoms with Crippen LogP contribution in [0.3, 0.4) is 0 Å². The van der Waals surface area contributed by atoms with Crippen molar-refractivity contribution in [3.05, 3.63) is 187 Å². The van der Waals surface area contributed by atoms with Crippen molar-refractivity contribution in [3.8, 4) is 5.69 Å². The third-order valence-corrected chi connectivity index (χ3v) is 10.8. The summed E-state index contributed by atoms with van der Waals surface area (Å²) in [6.07, 6.45) is 1.41. The van der Waals surface area contributed by atoms with Crippen molar-refractivity contribution in [2.24, 2.45) is 4.99 Å². The van der Waals surface area contributed by atoms with E-state index in [9.17, 15) is 0 Å². The smallest absolute Gasteiger partial charge is 0.180 e. The molecule has 254 valence electrons. The van der Waals surface area contributed by atoms with E-state index in [2.05, 4.69) is 194 Å². The summed E-state index contributed by atoms with van der Waals surface area (Å²) in [5.41, 5.74) is 9.04. The van der Waals surface area contributed by atoms with Crippen LogP contribution in [0.4, 0.5) is 0 Å². The van der Waals surface area contributed by atoms with Gasteiger partial charge in [-0.15, -0.1) is 0 Å². The molecule has 0 saturated carbocycles.